The largest absolute Gasteiger partial charge is 0.346 e. The van der Waals surface area contributed by atoms with Gasteiger partial charge in [-0.15, -0.1) is 0 Å². The molecular weight excluding hydrogens is 1850 g/mol. The minimum atomic E-state index is 0.245. The molecule has 808 valence electrons. The molecule has 8 aliphatic heterocycles. The minimum Gasteiger partial charge on any atom is -0.346 e. The first-order valence-corrected chi connectivity index (χ1v) is 54.9. The lowest BCUT2D eigenvalue weighted by atomic mass is 9.89. The molecule has 0 radical (unpaired) electrons. The molecule has 16 rings (SSSR count). The highest BCUT2D eigenvalue weighted by Crippen LogP contribution is 2.37. The SMILES string of the molecule is CC(C)c1ccc(C2CCC(=O)N(C)C2)cn1.CC(C)c1ccc(C2CCN(CCN(C)C)C(=O)C2)cn1.CC(C)c1ccc([C@@H]2CCC(=O)N(C)C2)cn1.CC(C)c1ccc([C@@H]2CCN(C)C(=O)C2)cn1.CC(C)c1ccc([C@@H]2CCN(CCN(C)C)C(=O)C2)cn1.CC(C)c1ccc([C@H]2CCC(=O)N(C)C2)cn1.CC(C)c1ccc([C@H]2CCN(C)C(=O)C2)cn1.CC(C)c1ccc([C@H]2CCN(CCN(C)C)C(=O)C2)cn1. The van der Waals surface area contributed by atoms with Gasteiger partial charge in [-0.3, -0.25) is 78.2 Å². The third-order valence-corrected chi connectivity index (χ3v) is 30.2. The van der Waals surface area contributed by atoms with E-state index in [1.165, 1.54) is 44.5 Å². The second-order valence-electron chi connectivity index (χ2n) is 45.5. The first-order chi connectivity index (χ1) is 70.3. The van der Waals surface area contributed by atoms with Gasteiger partial charge < -0.3 is 53.9 Å². The average molecular weight is 2030 g/mol. The fourth-order valence-corrected chi connectivity index (χ4v) is 19.5. The highest BCUT2D eigenvalue weighted by Gasteiger charge is 2.34. The summed E-state index contributed by atoms with van der Waals surface area (Å²) in [5, 5.41) is 0. The van der Waals surface area contributed by atoms with Gasteiger partial charge in [0.2, 0.25) is 47.3 Å². The predicted octanol–water partition coefficient (Wildman–Crippen LogP) is 20.1. The molecule has 8 amide bonds. The molecule has 8 saturated heterocycles. The number of aromatic nitrogens is 8. The van der Waals surface area contributed by atoms with Crippen LogP contribution >= 0.6 is 0 Å². The van der Waals surface area contributed by atoms with Crippen LogP contribution in [0.1, 0.15) is 398 Å². The van der Waals surface area contributed by atoms with Crippen molar-refractivity contribution in [2.75, 3.05) is 169 Å². The molecule has 0 saturated carbocycles. The van der Waals surface area contributed by atoms with Crippen molar-refractivity contribution < 1.29 is 38.4 Å². The highest BCUT2D eigenvalue weighted by atomic mass is 16.2. The number of rotatable bonds is 25. The lowest BCUT2D eigenvalue weighted by Gasteiger charge is -2.32. The molecule has 0 aromatic carbocycles. The zero-order valence-electron chi connectivity index (χ0n) is 95.1. The molecular formula is C121H181N19O8. The predicted molar refractivity (Wildman–Crippen MR) is 596 cm³/mol. The van der Waals surface area contributed by atoms with Crippen LogP contribution in [0.2, 0.25) is 0 Å². The van der Waals surface area contributed by atoms with Gasteiger partial charge in [0.05, 0.1) is 0 Å². The van der Waals surface area contributed by atoms with Gasteiger partial charge in [0, 0.05) is 291 Å². The van der Waals surface area contributed by atoms with E-state index in [0.29, 0.717) is 146 Å². The van der Waals surface area contributed by atoms with Crippen molar-refractivity contribution >= 4 is 47.3 Å². The van der Waals surface area contributed by atoms with E-state index in [4.69, 9.17) is 0 Å². The van der Waals surface area contributed by atoms with E-state index in [2.05, 4.69) is 262 Å². The molecule has 0 spiro atoms. The number of pyridine rings is 8. The molecule has 8 fully saturated rings. The molecule has 148 heavy (non-hydrogen) atoms. The van der Waals surface area contributed by atoms with E-state index in [1.54, 1.807) is 0 Å². The van der Waals surface area contributed by atoms with Gasteiger partial charge in [-0.2, -0.15) is 0 Å². The summed E-state index contributed by atoms with van der Waals surface area (Å²) >= 11 is 0. The summed E-state index contributed by atoms with van der Waals surface area (Å²) in [4.78, 5) is 152. The number of hydrogen-bond donors (Lipinski definition) is 0. The Morgan fingerprint density at radius 1 is 0.223 bits per heavy atom. The number of likely N-dealkylation sites (N-methyl/N-ethyl adjacent to an activating group) is 6. The van der Waals surface area contributed by atoms with E-state index in [-0.39, 0.29) is 47.3 Å². The Morgan fingerprint density at radius 2 is 0.392 bits per heavy atom. The van der Waals surface area contributed by atoms with Gasteiger partial charge in [-0.05, 0) is 264 Å². The molecule has 27 nitrogen and oxygen atoms in total. The van der Waals surface area contributed by atoms with Crippen LogP contribution in [0.15, 0.2) is 147 Å². The van der Waals surface area contributed by atoms with Crippen LogP contribution in [0.25, 0.3) is 0 Å². The average Bonchev–Trinajstić information content (AvgIpc) is 0.842. The van der Waals surface area contributed by atoms with Gasteiger partial charge >= 0.3 is 0 Å². The zero-order valence-corrected chi connectivity index (χ0v) is 95.1. The number of nitrogens with zero attached hydrogens (tertiary/aromatic N) is 19. The second kappa shape index (κ2) is 59.4. The summed E-state index contributed by atoms with van der Waals surface area (Å²) in [6, 6.07) is 34.0. The van der Waals surface area contributed by atoms with Crippen LogP contribution in [-0.2, 0) is 38.4 Å². The van der Waals surface area contributed by atoms with Crippen LogP contribution in [0, 0.1) is 0 Å². The number of hydrogen-bond acceptors (Lipinski definition) is 19. The monoisotopic (exact) mass is 2030 g/mol. The molecule has 16 heterocycles. The van der Waals surface area contributed by atoms with Crippen LogP contribution in [0.3, 0.4) is 0 Å². The van der Waals surface area contributed by atoms with Crippen LogP contribution in [0.4, 0.5) is 0 Å². The third kappa shape index (κ3) is 38.1. The summed E-state index contributed by atoms with van der Waals surface area (Å²) in [7, 11) is 21.6. The van der Waals surface area contributed by atoms with E-state index >= 15 is 0 Å². The Bertz CT molecular complexity index is 4900. The Labute approximate surface area is 888 Å². The number of likely N-dealkylation sites (tertiary alicyclic amines) is 8. The maximum absolute atomic E-state index is 12.3. The van der Waals surface area contributed by atoms with E-state index in [0.717, 1.165) is 189 Å². The van der Waals surface area contributed by atoms with Crippen LogP contribution < -0.4 is 0 Å². The summed E-state index contributed by atoms with van der Waals surface area (Å²) < 4.78 is 0. The first kappa shape index (κ1) is 120. The Morgan fingerprint density at radius 3 is 0.534 bits per heavy atom. The minimum absolute atomic E-state index is 0.245. The number of carbonyl (C=O) groups excluding carboxylic acids is 8. The molecule has 27 heteroatoms. The van der Waals surface area contributed by atoms with Crippen molar-refractivity contribution in [1.82, 2.24) is 93.8 Å². The van der Waals surface area contributed by atoms with E-state index < -0.39 is 0 Å². The topological polar surface area (TPSA) is 275 Å². The molecule has 2 unspecified atom stereocenters. The lowest BCUT2D eigenvalue weighted by molar-refractivity contribution is -0.134. The quantitative estimate of drug-likeness (QED) is 0.0514. The Kier molecular flexibility index (Phi) is 48.3. The smallest absolute Gasteiger partial charge is 0.223 e. The summed E-state index contributed by atoms with van der Waals surface area (Å²) in [5.41, 5.74) is 18.8. The normalized spacial score (nSPS) is 20.4. The van der Waals surface area contributed by atoms with Gasteiger partial charge in [0.15, 0.2) is 0 Å². The lowest BCUT2D eigenvalue weighted by Crippen LogP contribution is -2.41. The molecule has 8 aliphatic rings. The van der Waals surface area contributed by atoms with Crippen molar-refractivity contribution in [3.05, 3.63) is 237 Å². The van der Waals surface area contributed by atoms with Crippen molar-refractivity contribution in [1.29, 1.82) is 0 Å². The fourth-order valence-electron chi connectivity index (χ4n) is 19.5. The molecule has 0 aliphatic carbocycles. The van der Waals surface area contributed by atoms with Crippen LogP contribution in [0.5, 0.6) is 0 Å². The standard InChI is InChI=1S/3C17H27N3O.5C14H20N2O/c3*1-13(2)16-6-5-15(12-18-16)14-7-8-20(17(21)11-14)10-9-19(3)4;3*1-10(2)13-6-4-11(8-15-13)12-5-7-14(17)16(3)9-12;2*1-10(2)13-5-4-12(9-15-13)11-6-7-16(3)14(17)8-11/h3*5-6,12-14H,7-11H2,1-4H3;3*4,6,8,10,12H,5,7,9H2,1-3H3;2*4-5,9-11H,6-8H2,1-3H3/t2*14-;;2*12-;;2*11-/m10.10.10/s1. The van der Waals surface area contributed by atoms with Gasteiger partial charge in [0.1, 0.15) is 0 Å². The van der Waals surface area contributed by atoms with Crippen molar-refractivity contribution in [3.8, 4) is 0 Å². The van der Waals surface area contributed by atoms with E-state index in [9.17, 15) is 38.4 Å². The van der Waals surface area contributed by atoms with Crippen molar-refractivity contribution in [3.63, 3.8) is 0 Å². The molecule has 8 atom stereocenters. The second-order valence-corrected chi connectivity index (χ2v) is 45.5. The zero-order chi connectivity index (χ0) is 108. The maximum atomic E-state index is 12.3. The fraction of sp³-hybridized carbons (Fsp3) is 0.603. The van der Waals surface area contributed by atoms with E-state index in [1.807, 2.05) is 166 Å². The van der Waals surface area contributed by atoms with Crippen molar-refractivity contribution in [2.45, 2.75) is 308 Å². The maximum Gasteiger partial charge on any atom is 0.223 e. The number of carbonyl (C=O) groups is 8. The highest BCUT2D eigenvalue weighted by molar-refractivity contribution is 5.81. The first-order valence-electron chi connectivity index (χ1n) is 54.9. The molecule has 0 bridgehead atoms. The van der Waals surface area contributed by atoms with Crippen LogP contribution in [-0.4, -0.2) is 310 Å². The van der Waals surface area contributed by atoms with Crippen molar-refractivity contribution in [2.24, 2.45) is 0 Å². The third-order valence-electron chi connectivity index (χ3n) is 30.2. The Hall–Kier alpha value is -11.2. The summed E-state index contributed by atoms with van der Waals surface area (Å²) in [6.45, 7) is 46.4. The van der Waals surface area contributed by atoms with Gasteiger partial charge in [0.25, 0.3) is 0 Å². The summed E-state index contributed by atoms with van der Waals surface area (Å²) in [5.74, 6) is 8.86. The number of amides is 8. The molecule has 8 aromatic rings. The molecule has 8 aromatic heterocycles. The molecule has 0 N–H and O–H groups in total. The van der Waals surface area contributed by atoms with Gasteiger partial charge in [-0.25, -0.2) is 0 Å². The summed E-state index contributed by atoms with van der Waals surface area (Å²) in [6.07, 6.45) is 28.9. The Balaban J connectivity index is 0.000000188. The number of piperidine rings is 8. The van der Waals surface area contributed by atoms with Gasteiger partial charge in [-0.1, -0.05) is 159 Å².